The lowest BCUT2D eigenvalue weighted by atomic mass is 9.86. The minimum atomic E-state index is -2.05. The fourth-order valence-corrected chi connectivity index (χ4v) is 8.99. The number of aliphatic hydroxyl groups excluding tert-OH is 10. The van der Waals surface area contributed by atoms with Crippen molar-refractivity contribution < 1.29 is 84.8 Å². The third kappa shape index (κ3) is 29.4. The Hall–Kier alpha value is -4.35. The van der Waals surface area contributed by atoms with Crippen molar-refractivity contribution in [2.24, 2.45) is 40.3 Å². The molecule has 1 heterocycles. The van der Waals surface area contributed by atoms with Crippen molar-refractivity contribution in [3.05, 3.63) is 59.8 Å². The number of aliphatic imine (C=N–C) groups is 1. The standard InChI is InChI=1S/C57H97N3O17/c1-9-40-22-17-20-34(2)46(65)29-42(62)26-41(61)27-44(76-53(73)33-52(71)72)28-43(63)30-50(69)54(74)51(70)32-48(67)36(4)23-24-45(64)39(7)49(68)31-47(66)35(3)19-16-21-38(6)56(75)77-55(40)37(5)18-14-12-10-11-13-15-25-60-57(58)59-8/h10-11,16-17,19-22,35-37,39-50,54-55,61-69,74H,9,12-15,18,23-33H2,1-8H3,(H,71,72)(H3,58,59,60). The second kappa shape index (κ2) is 38.3. The number of carbonyl (C=O) groups excluding carboxylic acids is 3. The maximum absolute atomic E-state index is 13.7. The lowest BCUT2D eigenvalue weighted by Gasteiger charge is -2.30. The molecule has 77 heavy (non-hydrogen) atoms. The van der Waals surface area contributed by atoms with Gasteiger partial charge in [0.25, 0.3) is 0 Å². The molecule has 1 rings (SSSR count). The Morgan fingerprint density at radius 3 is 2.03 bits per heavy atom. The number of carbonyl (C=O) groups is 4. The number of esters is 2. The van der Waals surface area contributed by atoms with Crippen LogP contribution in [0.2, 0.25) is 0 Å². The van der Waals surface area contributed by atoms with E-state index in [0.29, 0.717) is 30.1 Å². The molecule has 0 amide bonds. The number of aliphatic hydroxyl groups is 10. The van der Waals surface area contributed by atoms with Gasteiger partial charge in [-0.25, -0.2) is 4.79 Å². The van der Waals surface area contributed by atoms with E-state index in [-0.39, 0.29) is 43.9 Å². The van der Waals surface area contributed by atoms with E-state index in [0.717, 1.165) is 32.1 Å². The van der Waals surface area contributed by atoms with E-state index in [2.05, 4.69) is 22.5 Å². The van der Waals surface area contributed by atoms with Gasteiger partial charge in [0, 0.05) is 75.4 Å². The van der Waals surface area contributed by atoms with Crippen LogP contribution in [-0.4, -0.2) is 173 Å². The summed E-state index contributed by atoms with van der Waals surface area (Å²) in [4.78, 5) is 54.2. The van der Waals surface area contributed by atoms with Crippen LogP contribution < -0.4 is 11.1 Å². The lowest BCUT2D eigenvalue weighted by Crippen LogP contribution is -2.40. The molecule has 0 saturated heterocycles. The van der Waals surface area contributed by atoms with Crippen molar-refractivity contribution in [3.63, 3.8) is 0 Å². The molecule has 0 aromatic carbocycles. The molecular weight excluding hydrogens is 999 g/mol. The fraction of sp³-hybridized carbons (Fsp3) is 0.737. The van der Waals surface area contributed by atoms with E-state index in [4.69, 9.17) is 20.3 Å². The predicted octanol–water partition coefficient (Wildman–Crippen LogP) is 3.60. The zero-order valence-corrected chi connectivity index (χ0v) is 46.8. The van der Waals surface area contributed by atoms with Gasteiger partial charge in [0.2, 0.25) is 0 Å². The quantitative estimate of drug-likeness (QED) is 0.0313. The molecule has 0 aliphatic carbocycles. The van der Waals surface area contributed by atoms with E-state index >= 15 is 0 Å². The van der Waals surface area contributed by atoms with Crippen LogP contribution in [0.15, 0.2) is 64.7 Å². The van der Waals surface area contributed by atoms with Gasteiger partial charge in [0.15, 0.2) is 11.7 Å². The van der Waals surface area contributed by atoms with Gasteiger partial charge in [-0.2, -0.15) is 0 Å². The van der Waals surface area contributed by atoms with Crippen LogP contribution in [0.5, 0.6) is 0 Å². The molecule has 0 radical (unpaired) electrons. The van der Waals surface area contributed by atoms with Crippen LogP contribution in [0.4, 0.5) is 0 Å². The number of Topliss-reactive ketones (excluding diaryl/α,β-unsaturated/α-hetero) is 1. The average Bonchev–Trinajstić information content (AvgIpc) is 3.35. The Kier molecular flexibility index (Phi) is 35.1. The Balaban J connectivity index is 3.51. The zero-order valence-electron chi connectivity index (χ0n) is 46.8. The SMILES string of the molecule is CCC1C=CC=C(C)C(O)CC(O)CC(O)CC(OC(=O)CC(=O)O)CC(O)CC(O)C(O)C(=O)CC(O)C(C)CCC(O)C(C)C(O)CC(O)C(C)C=CC=C(C)C(=O)OC1C(C)CCCC=CCCCNC(N)=NC. The summed E-state index contributed by atoms with van der Waals surface area (Å²) in [5.41, 5.74) is 6.48. The van der Waals surface area contributed by atoms with E-state index in [1.807, 2.05) is 19.9 Å². The molecule has 20 heteroatoms. The van der Waals surface area contributed by atoms with E-state index in [1.165, 1.54) is 0 Å². The van der Waals surface area contributed by atoms with Crippen LogP contribution in [0, 0.1) is 29.6 Å². The maximum Gasteiger partial charge on any atom is 0.334 e. The van der Waals surface area contributed by atoms with Crippen molar-refractivity contribution in [3.8, 4) is 0 Å². The number of ether oxygens (including phenoxy) is 2. The van der Waals surface area contributed by atoms with Gasteiger partial charge in [-0.05, 0) is 89.0 Å². The van der Waals surface area contributed by atoms with Gasteiger partial charge in [-0.3, -0.25) is 19.4 Å². The molecule has 17 unspecified atom stereocenters. The highest BCUT2D eigenvalue weighted by Crippen LogP contribution is 2.29. The second-order valence-electron chi connectivity index (χ2n) is 21.3. The predicted molar refractivity (Wildman–Crippen MR) is 293 cm³/mol. The minimum Gasteiger partial charge on any atom is -0.481 e. The van der Waals surface area contributed by atoms with E-state index in [1.54, 1.807) is 72.0 Å². The van der Waals surface area contributed by atoms with Crippen LogP contribution in [0.3, 0.4) is 0 Å². The molecule has 442 valence electrons. The Labute approximate surface area is 456 Å². The van der Waals surface area contributed by atoms with E-state index in [9.17, 15) is 70.2 Å². The number of hydrogen-bond acceptors (Lipinski definition) is 17. The summed E-state index contributed by atoms with van der Waals surface area (Å²) in [5.74, 6) is -5.84. The minimum absolute atomic E-state index is 0.0694. The summed E-state index contributed by atoms with van der Waals surface area (Å²) in [7, 11) is 1.62. The average molecular weight is 1100 g/mol. The smallest absolute Gasteiger partial charge is 0.334 e. The van der Waals surface area contributed by atoms with Gasteiger partial charge in [0.05, 0.1) is 54.9 Å². The summed E-state index contributed by atoms with van der Waals surface area (Å²) in [5, 5.41) is 121. The third-order valence-electron chi connectivity index (χ3n) is 14.5. The van der Waals surface area contributed by atoms with Crippen molar-refractivity contribution in [2.75, 3.05) is 13.6 Å². The molecule has 0 spiro atoms. The number of aliphatic carboxylic acids is 1. The molecule has 17 atom stereocenters. The van der Waals surface area contributed by atoms with Crippen molar-refractivity contribution >= 4 is 29.7 Å². The number of cyclic esters (lactones) is 1. The molecule has 20 nitrogen and oxygen atoms in total. The van der Waals surface area contributed by atoms with Crippen LogP contribution >= 0.6 is 0 Å². The third-order valence-corrected chi connectivity index (χ3v) is 14.5. The fourth-order valence-electron chi connectivity index (χ4n) is 8.99. The van der Waals surface area contributed by atoms with Crippen LogP contribution in [-0.2, 0) is 28.7 Å². The number of carboxylic acids is 1. The summed E-state index contributed by atoms with van der Waals surface area (Å²) in [6.07, 6.45) is 0.134. The van der Waals surface area contributed by atoms with Crippen LogP contribution in [0.1, 0.15) is 151 Å². The zero-order chi connectivity index (χ0) is 58.4. The van der Waals surface area contributed by atoms with E-state index < -0.39 is 147 Å². The highest BCUT2D eigenvalue weighted by atomic mass is 16.6. The highest BCUT2D eigenvalue weighted by Gasteiger charge is 2.33. The van der Waals surface area contributed by atoms with Gasteiger partial charge >= 0.3 is 17.9 Å². The molecule has 0 fully saturated rings. The maximum atomic E-state index is 13.7. The van der Waals surface area contributed by atoms with Gasteiger partial charge < -0.3 is 76.7 Å². The molecule has 0 aromatic rings. The number of nitrogens with two attached hydrogens (primary N) is 1. The second-order valence-corrected chi connectivity index (χ2v) is 21.3. The Bertz CT molecular complexity index is 1920. The molecule has 0 aromatic heterocycles. The lowest BCUT2D eigenvalue weighted by molar-refractivity contribution is -0.157. The van der Waals surface area contributed by atoms with Crippen molar-refractivity contribution in [1.82, 2.24) is 5.32 Å². The van der Waals surface area contributed by atoms with Gasteiger partial charge in [-0.1, -0.05) is 83.2 Å². The Morgan fingerprint density at radius 1 is 0.792 bits per heavy atom. The van der Waals surface area contributed by atoms with Crippen molar-refractivity contribution in [1.29, 1.82) is 0 Å². The molecule has 14 N–H and O–H groups in total. The molecular formula is C57H97N3O17. The van der Waals surface area contributed by atoms with Gasteiger partial charge in [0.1, 0.15) is 24.7 Å². The van der Waals surface area contributed by atoms with Crippen molar-refractivity contribution in [2.45, 2.75) is 224 Å². The first-order chi connectivity index (χ1) is 36.2. The summed E-state index contributed by atoms with van der Waals surface area (Å²) < 4.78 is 11.5. The Morgan fingerprint density at radius 2 is 1.40 bits per heavy atom. The summed E-state index contributed by atoms with van der Waals surface area (Å²) in [6, 6.07) is 0. The molecule has 1 aliphatic heterocycles. The number of unbranched alkanes of at least 4 members (excludes halogenated alkanes) is 2. The molecule has 0 saturated carbocycles. The number of rotatable bonds is 13. The number of hydrogen-bond donors (Lipinski definition) is 13. The number of carboxylic acid groups (broad SMARTS) is 1. The number of guanidine groups is 1. The number of nitrogens with zero attached hydrogens (tertiary/aromatic N) is 1. The number of allylic oxidation sites excluding steroid dienone is 6. The topological polar surface area (TPSA) is 360 Å². The summed E-state index contributed by atoms with van der Waals surface area (Å²) in [6.45, 7) is 13.0. The molecule has 0 bridgehead atoms. The first-order valence-electron chi connectivity index (χ1n) is 27.5. The van der Waals surface area contributed by atoms with Gasteiger partial charge in [-0.15, -0.1) is 0 Å². The highest BCUT2D eigenvalue weighted by molar-refractivity contribution is 5.90. The summed E-state index contributed by atoms with van der Waals surface area (Å²) >= 11 is 0. The monoisotopic (exact) mass is 1100 g/mol. The normalized spacial score (nSPS) is 33.1. The molecule has 1 aliphatic rings. The first-order valence-corrected chi connectivity index (χ1v) is 27.5. The largest absolute Gasteiger partial charge is 0.481 e. The van der Waals surface area contributed by atoms with Crippen LogP contribution in [0.25, 0.3) is 0 Å². The number of ketones is 1. The first kappa shape index (κ1) is 70.7. The number of nitrogens with one attached hydrogen (secondary N) is 1.